The van der Waals surface area contributed by atoms with Gasteiger partial charge in [0.25, 0.3) is 0 Å². The van der Waals surface area contributed by atoms with Crippen LogP contribution in [-0.4, -0.2) is 42.9 Å². The Hall–Kier alpha value is -2.45. The topological polar surface area (TPSA) is 92.5 Å². The number of sulfonamides is 1. The number of amides is 1. The molecule has 178 valence electrons. The summed E-state index contributed by atoms with van der Waals surface area (Å²) in [5, 5.41) is 7.07. The smallest absolute Gasteiger partial charge is 0.248 e. The minimum Gasteiger partial charge on any atom is -0.355 e. The minimum absolute atomic E-state index is 0.0288. The van der Waals surface area contributed by atoms with Gasteiger partial charge in [-0.25, -0.2) is 8.42 Å². The van der Waals surface area contributed by atoms with Gasteiger partial charge in [0.15, 0.2) is 10.7 Å². The predicted molar refractivity (Wildman–Crippen MR) is 128 cm³/mol. The molecule has 2 aliphatic rings. The minimum atomic E-state index is -3.85. The van der Waals surface area contributed by atoms with Crippen LogP contribution in [0.4, 0.5) is 0 Å². The van der Waals surface area contributed by atoms with Gasteiger partial charge < -0.3 is 9.84 Å². The van der Waals surface area contributed by atoms with Crippen LogP contribution in [0, 0.1) is 26.7 Å². The van der Waals surface area contributed by atoms with Crippen LogP contribution in [-0.2, 0) is 14.8 Å². The second-order valence-electron chi connectivity index (χ2n) is 9.35. The third-order valence-electron chi connectivity index (χ3n) is 6.74. The fraction of sp³-hybridized carbons (Fsp3) is 0.520. The van der Waals surface area contributed by atoms with Gasteiger partial charge in [0.2, 0.25) is 15.9 Å². The quantitative estimate of drug-likeness (QED) is 0.681. The molecule has 1 aliphatic carbocycles. The molecule has 1 saturated heterocycles. The molecule has 2 aromatic rings. The van der Waals surface area contributed by atoms with Crippen molar-refractivity contribution in [2.75, 3.05) is 13.1 Å². The van der Waals surface area contributed by atoms with Crippen LogP contribution in [0.5, 0.6) is 0 Å². The lowest BCUT2D eigenvalue weighted by Crippen LogP contribution is -2.47. The monoisotopic (exact) mass is 471 g/mol. The Labute approximate surface area is 196 Å². The molecule has 0 spiro atoms. The van der Waals surface area contributed by atoms with Crippen molar-refractivity contribution in [1.29, 1.82) is 0 Å². The van der Waals surface area contributed by atoms with E-state index >= 15 is 0 Å². The second-order valence-corrected chi connectivity index (χ2v) is 11.2. The van der Waals surface area contributed by atoms with Gasteiger partial charge in [-0.05, 0) is 63.7 Å². The van der Waals surface area contributed by atoms with Crippen molar-refractivity contribution in [3.8, 4) is 0 Å². The van der Waals surface area contributed by atoms with Crippen molar-refractivity contribution in [2.24, 2.45) is 5.92 Å². The normalized spacial score (nSPS) is 20.5. The molecular formula is C25H33N3O4S. The summed E-state index contributed by atoms with van der Waals surface area (Å²) in [6.45, 7) is 6.24. The van der Waals surface area contributed by atoms with E-state index in [-0.39, 0.29) is 35.1 Å². The third-order valence-corrected chi connectivity index (χ3v) is 8.76. The number of nitrogens with one attached hydrogen (secondary N) is 1. The zero-order valence-electron chi connectivity index (χ0n) is 19.6. The van der Waals surface area contributed by atoms with Crippen molar-refractivity contribution in [3.63, 3.8) is 0 Å². The van der Waals surface area contributed by atoms with Gasteiger partial charge in [-0.15, -0.1) is 0 Å². The molecule has 1 atom stereocenters. The molecule has 0 radical (unpaired) electrons. The van der Waals surface area contributed by atoms with E-state index in [1.165, 1.54) is 4.31 Å². The maximum Gasteiger partial charge on any atom is 0.248 e. The molecule has 8 heteroatoms. The van der Waals surface area contributed by atoms with Gasteiger partial charge in [-0.1, -0.05) is 47.8 Å². The highest BCUT2D eigenvalue weighted by atomic mass is 32.2. The van der Waals surface area contributed by atoms with Crippen molar-refractivity contribution in [1.82, 2.24) is 14.8 Å². The zero-order valence-corrected chi connectivity index (χ0v) is 20.5. The van der Waals surface area contributed by atoms with Gasteiger partial charge in [0.05, 0.1) is 5.92 Å². The highest BCUT2D eigenvalue weighted by molar-refractivity contribution is 7.89. The van der Waals surface area contributed by atoms with Crippen LogP contribution in [0.2, 0.25) is 0 Å². The first-order chi connectivity index (χ1) is 15.8. The summed E-state index contributed by atoms with van der Waals surface area (Å²) in [4.78, 5) is 12.9. The summed E-state index contributed by atoms with van der Waals surface area (Å²) >= 11 is 0. The molecule has 33 heavy (non-hydrogen) atoms. The molecule has 1 aliphatic heterocycles. The van der Waals surface area contributed by atoms with E-state index in [0.717, 1.165) is 42.4 Å². The van der Waals surface area contributed by atoms with Crippen LogP contribution in [0.3, 0.4) is 0 Å². The summed E-state index contributed by atoms with van der Waals surface area (Å²) in [5.41, 5.74) is 3.53. The first kappa shape index (κ1) is 23.7. The standard InChI is InChI=1S/C25H33N3O4S/c1-17-10-11-18(2)20(15-17)12-13-23-24(19(3)27-32-23)33(30,31)28-14-6-7-21(16-28)25(29)26-22-8-4-5-9-22/h10-13,15,21-22H,4-9,14,16H2,1-3H3,(H,26,29). The summed E-state index contributed by atoms with van der Waals surface area (Å²) in [6, 6.07) is 6.34. The molecule has 7 nitrogen and oxygen atoms in total. The van der Waals surface area contributed by atoms with Crippen LogP contribution in [0.1, 0.15) is 66.7 Å². The molecule has 1 unspecified atom stereocenters. The van der Waals surface area contributed by atoms with Gasteiger partial charge in [-0.2, -0.15) is 4.31 Å². The number of piperidine rings is 1. The van der Waals surface area contributed by atoms with E-state index in [0.29, 0.717) is 25.1 Å². The van der Waals surface area contributed by atoms with E-state index in [9.17, 15) is 13.2 Å². The predicted octanol–water partition coefficient (Wildman–Crippen LogP) is 4.23. The Kier molecular flexibility index (Phi) is 7.05. The van der Waals surface area contributed by atoms with E-state index in [2.05, 4.69) is 10.5 Å². The number of nitrogens with zero attached hydrogens (tertiary/aromatic N) is 2. The van der Waals surface area contributed by atoms with Crippen LogP contribution < -0.4 is 5.32 Å². The van der Waals surface area contributed by atoms with E-state index in [1.807, 2.05) is 38.1 Å². The number of carbonyl (C=O) groups excluding carboxylic acids is 1. The summed E-state index contributed by atoms with van der Waals surface area (Å²) in [7, 11) is -3.85. The molecule has 1 aromatic heterocycles. The lowest BCUT2D eigenvalue weighted by Gasteiger charge is -2.31. The number of rotatable bonds is 6. The first-order valence-corrected chi connectivity index (χ1v) is 13.2. The van der Waals surface area contributed by atoms with Crippen LogP contribution in [0.15, 0.2) is 27.6 Å². The number of benzene rings is 1. The van der Waals surface area contributed by atoms with Crippen molar-refractivity contribution >= 4 is 28.1 Å². The molecule has 0 bridgehead atoms. The third kappa shape index (κ3) is 5.22. The van der Waals surface area contributed by atoms with Gasteiger partial charge >= 0.3 is 0 Å². The van der Waals surface area contributed by atoms with Crippen molar-refractivity contribution in [2.45, 2.75) is 70.2 Å². The van der Waals surface area contributed by atoms with Gasteiger partial charge in [-0.3, -0.25) is 4.79 Å². The number of hydrogen-bond acceptors (Lipinski definition) is 5. The first-order valence-electron chi connectivity index (χ1n) is 11.8. The van der Waals surface area contributed by atoms with Crippen molar-refractivity contribution < 1.29 is 17.7 Å². The van der Waals surface area contributed by atoms with Crippen LogP contribution >= 0.6 is 0 Å². The number of aryl methyl sites for hydroxylation is 3. The number of aromatic nitrogens is 1. The molecule has 2 fully saturated rings. The van der Waals surface area contributed by atoms with Gasteiger partial charge in [0, 0.05) is 19.1 Å². The summed E-state index contributed by atoms with van der Waals surface area (Å²) < 4.78 is 34.0. The summed E-state index contributed by atoms with van der Waals surface area (Å²) in [5.74, 6) is -0.145. The fourth-order valence-corrected chi connectivity index (χ4v) is 6.57. The van der Waals surface area contributed by atoms with E-state index in [4.69, 9.17) is 4.52 Å². The largest absolute Gasteiger partial charge is 0.355 e. The SMILES string of the molecule is Cc1ccc(C)c(C=Cc2onc(C)c2S(=O)(=O)N2CCCC(C(=O)NC3CCCC3)C2)c1. The molecule has 2 heterocycles. The number of carbonyl (C=O) groups is 1. The highest BCUT2D eigenvalue weighted by Gasteiger charge is 2.37. The Morgan fingerprint density at radius 3 is 2.64 bits per heavy atom. The average molecular weight is 472 g/mol. The Morgan fingerprint density at radius 2 is 1.88 bits per heavy atom. The highest BCUT2D eigenvalue weighted by Crippen LogP contribution is 2.30. The molecular weight excluding hydrogens is 438 g/mol. The Bertz CT molecular complexity index is 1150. The molecule has 1 aromatic carbocycles. The molecule has 1 amide bonds. The van der Waals surface area contributed by atoms with Crippen LogP contribution in [0.25, 0.3) is 12.2 Å². The number of hydrogen-bond donors (Lipinski definition) is 1. The Balaban J connectivity index is 1.54. The molecule has 1 N–H and O–H groups in total. The summed E-state index contributed by atoms with van der Waals surface area (Å²) in [6.07, 6.45) is 9.18. The van der Waals surface area contributed by atoms with E-state index < -0.39 is 10.0 Å². The maximum absolute atomic E-state index is 13.6. The maximum atomic E-state index is 13.6. The average Bonchev–Trinajstić information content (AvgIpc) is 3.44. The zero-order chi connectivity index (χ0) is 23.6. The van der Waals surface area contributed by atoms with Gasteiger partial charge in [0.1, 0.15) is 5.69 Å². The molecule has 4 rings (SSSR count). The Morgan fingerprint density at radius 1 is 1.12 bits per heavy atom. The molecule has 1 saturated carbocycles. The second kappa shape index (κ2) is 9.81. The fourth-order valence-electron chi connectivity index (χ4n) is 4.80. The van der Waals surface area contributed by atoms with E-state index in [1.54, 1.807) is 13.0 Å². The lowest BCUT2D eigenvalue weighted by molar-refractivity contribution is -0.126. The van der Waals surface area contributed by atoms with Crippen molar-refractivity contribution in [3.05, 3.63) is 46.3 Å². The lowest BCUT2D eigenvalue weighted by atomic mass is 9.98.